The summed E-state index contributed by atoms with van der Waals surface area (Å²) in [7, 11) is 3.79. The van der Waals surface area contributed by atoms with Crippen molar-refractivity contribution in [2.75, 3.05) is 25.6 Å². The van der Waals surface area contributed by atoms with E-state index in [1.807, 2.05) is 31.1 Å². The minimum Gasteiger partial charge on any atom is -0.461 e. The van der Waals surface area contributed by atoms with Gasteiger partial charge in [0, 0.05) is 41.7 Å². The van der Waals surface area contributed by atoms with Crippen molar-refractivity contribution in [2.24, 2.45) is 0 Å². The first-order valence-electron chi connectivity index (χ1n) is 7.86. The van der Waals surface area contributed by atoms with Crippen LogP contribution in [0.25, 0.3) is 10.8 Å². The molecule has 0 aliphatic carbocycles. The Balaban J connectivity index is 2.20. The van der Waals surface area contributed by atoms with Crippen LogP contribution in [0, 0.1) is 0 Å². The van der Waals surface area contributed by atoms with Crippen molar-refractivity contribution in [3.63, 3.8) is 0 Å². The van der Waals surface area contributed by atoms with Crippen LogP contribution >= 0.6 is 0 Å². The minimum atomic E-state index is -0.787. The number of hydrogen-bond acceptors (Lipinski definition) is 5. The molecule has 25 heavy (non-hydrogen) atoms. The van der Waals surface area contributed by atoms with Gasteiger partial charge in [-0.05, 0) is 25.1 Å². The van der Waals surface area contributed by atoms with Gasteiger partial charge in [0.05, 0.1) is 6.61 Å². The normalized spacial score (nSPS) is 13.2. The Morgan fingerprint density at radius 2 is 1.76 bits per heavy atom. The van der Waals surface area contributed by atoms with Crippen molar-refractivity contribution in [3.05, 3.63) is 53.7 Å². The molecule has 0 saturated carbocycles. The molecule has 2 aromatic rings. The third-order valence-electron chi connectivity index (χ3n) is 4.15. The summed E-state index contributed by atoms with van der Waals surface area (Å²) >= 11 is 0. The lowest BCUT2D eigenvalue weighted by molar-refractivity contribution is -0.139. The van der Waals surface area contributed by atoms with Crippen LogP contribution in [0.2, 0.25) is 0 Å². The largest absolute Gasteiger partial charge is 0.461 e. The molecule has 128 valence electrons. The summed E-state index contributed by atoms with van der Waals surface area (Å²) in [6, 6.07) is 8.76. The maximum absolute atomic E-state index is 12.9. The highest BCUT2D eigenvalue weighted by molar-refractivity contribution is 6.28. The molecule has 0 fully saturated rings. The van der Waals surface area contributed by atoms with Crippen molar-refractivity contribution in [2.45, 2.75) is 6.92 Å². The van der Waals surface area contributed by atoms with Crippen LogP contribution in [0.15, 0.2) is 42.6 Å². The van der Waals surface area contributed by atoms with Crippen molar-refractivity contribution in [3.8, 4) is 0 Å². The summed E-state index contributed by atoms with van der Waals surface area (Å²) in [4.78, 5) is 40.4. The van der Waals surface area contributed by atoms with Gasteiger partial charge in [0.25, 0.3) is 11.8 Å². The van der Waals surface area contributed by atoms with E-state index in [4.69, 9.17) is 4.74 Å². The SMILES string of the molecule is C=C(C(=O)OCC)N1C(=O)c2cccc3c(N(C)C)ccc(c23)C1=O. The summed E-state index contributed by atoms with van der Waals surface area (Å²) in [5.74, 6) is -1.93. The second-order valence-corrected chi connectivity index (χ2v) is 5.87. The molecule has 0 atom stereocenters. The summed E-state index contributed by atoms with van der Waals surface area (Å²) in [6.07, 6.45) is 0. The van der Waals surface area contributed by atoms with Gasteiger partial charge in [-0.1, -0.05) is 18.7 Å². The first-order chi connectivity index (χ1) is 11.9. The Bertz CT molecular complexity index is 908. The molecule has 0 saturated heterocycles. The van der Waals surface area contributed by atoms with Gasteiger partial charge in [-0.25, -0.2) is 9.69 Å². The van der Waals surface area contributed by atoms with Crippen LogP contribution in [0.5, 0.6) is 0 Å². The van der Waals surface area contributed by atoms with Crippen LogP contribution in [0.1, 0.15) is 27.6 Å². The Morgan fingerprint density at radius 3 is 2.36 bits per heavy atom. The predicted octanol–water partition coefficient (Wildman–Crippen LogP) is 2.58. The van der Waals surface area contributed by atoms with Gasteiger partial charge in [-0.15, -0.1) is 0 Å². The van der Waals surface area contributed by atoms with Gasteiger partial charge >= 0.3 is 5.97 Å². The number of esters is 1. The summed E-state index contributed by atoms with van der Waals surface area (Å²) < 4.78 is 4.87. The molecule has 3 rings (SSSR count). The molecule has 1 aliphatic heterocycles. The standard InChI is InChI=1S/C19H18N2O4/c1-5-25-19(24)11(2)21-17(22)13-8-6-7-12-15(20(3)4)10-9-14(16(12)13)18(21)23/h6-10H,2,5H2,1,3-4H3. The number of imide groups is 1. The molecule has 0 radical (unpaired) electrons. The Labute approximate surface area is 145 Å². The van der Waals surface area contributed by atoms with Gasteiger partial charge in [-0.2, -0.15) is 0 Å². The maximum atomic E-state index is 12.9. The van der Waals surface area contributed by atoms with Crippen molar-refractivity contribution in [1.29, 1.82) is 0 Å². The van der Waals surface area contributed by atoms with Gasteiger partial charge in [-0.3, -0.25) is 9.59 Å². The average molecular weight is 338 g/mol. The van der Waals surface area contributed by atoms with Crippen LogP contribution in [-0.2, 0) is 9.53 Å². The Kier molecular flexibility index (Phi) is 4.04. The number of anilines is 1. The zero-order chi connectivity index (χ0) is 18.3. The second-order valence-electron chi connectivity index (χ2n) is 5.87. The van der Waals surface area contributed by atoms with Gasteiger partial charge in [0.15, 0.2) is 0 Å². The average Bonchev–Trinajstić information content (AvgIpc) is 2.59. The van der Waals surface area contributed by atoms with E-state index in [1.54, 1.807) is 25.1 Å². The van der Waals surface area contributed by atoms with Crippen molar-refractivity contribution in [1.82, 2.24) is 4.90 Å². The van der Waals surface area contributed by atoms with E-state index in [1.165, 1.54) is 0 Å². The first kappa shape index (κ1) is 16.7. The molecule has 0 spiro atoms. The molecule has 1 aliphatic rings. The molecule has 0 N–H and O–H groups in total. The highest BCUT2D eigenvalue weighted by Gasteiger charge is 2.37. The highest BCUT2D eigenvalue weighted by atomic mass is 16.5. The lowest BCUT2D eigenvalue weighted by Crippen LogP contribution is -2.41. The monoisotopic (exact) mass is 338 g/mol. The van der Waals surface area contributed by atoms with E-state index in [-0.39, 0.29) is 12.3 Å². The molecule has 6 nitrogen and oxygen atoms in total. The zero-order valence-corrected chi connectivity index (χ0v) is 14.3. The fourth-order valence-corrected chi connectivity index (χ4v) is 3.02. The molecule has 1 heterocycles. The quantitative estimate of drug-likeness (QED) is 0.487. The number of hydrogen-bond donors (Lipinski definition) is 0. The summed E-state index contributed by atoms with van der Waals surface area (Å²) in [5, 5.41) is 1.40. The molecule has 0 unspecified atom stereocenters. The minimum absolute atomic E-state index is 0.131. The fraction of sp³-hybridized carbons (Fsp3) is 0.211. The third kappa shape index (κ3) is 2.46. The molecule has 2 aromatic carbocycles. The Morgan fingerprint density at radius 1 is 1.12 bits per heavy atom. The lowest BCUT2D eigenvalue weighted by Gasteiger charge is -2.28. The molecule has 2 amide bonds. The fourth-order valence-electron chi connectivity index (χ4n) is 3.02. The van der Waals surface area contributed by atoms with Gasteiger partial charge in [0.1, 0.15) is 5.70 Å². The number of carbonyl (C=O) groups is 3. The van der Waals surface area contributed by atoms with Crippen molar-refractivity contribution < 1.29 is 19.1 Å². The topological polar surface area (TPSA) is 66.9 Å². The van der Waals surface area contributed by atoms with E-state index in [0.29, 0.717) is 16.5 Å². The zero-order valence-electron chi connectivity index (χ0n) is 14.3. The number of nitrogens with zero attached hydrogens (tertiary/aromatic N) is 2. The van der Waals surface area contributed by atoms with Gasteiger partial charge in [0.2, 0.25) is 0 Å². The smallest absolute Gasteiger partial charge is 0.354 e. The van der Waals surface area contributed by atoms with E-state index < -0.39 is 17.8 Å². The molecule has 6 heteroatoms. The summed E-state index contributed by atoms with van der Waals surface area (Å²) in [5.41, 5.74) is 1.34. The summed E-state index contributed by atoms with van der Waals surface area (Å²) in [6.45, 7) is 5.36. The number of ether oxygens (including phenoxy) is 1. The molecular weight excluding hydrogens is 320 g/mol. The third-order valence-corrected chi connectivity index (χ3v) is 4.15. The molecule has 0 aromatic heterocycles. The van der Waals surface area contributed by atoms with E-state index in [9.17, 15) is 14.4 Å². The second kappa shape index (κ2) is 6.05. The maximum Gasteiger partial charge on any atom is 0.354 e. The first-order valence-corrected chi connectivity index (χ1v) is 7.86. The number of carbonyl (C=O) groups excluding carboxylic acids is 3. The highest BCUT2D eigenvalue weighted by Crippen LogP contribution is 2.36. The number of benzene rings is 2. The van der Waals surface area contributed by atoms with E-state index in [0.717, 1.165) is 16.0 Å². The molecular formula is C19H18N2O4. The van der Waals surface area contributed by atoms with Gasteiger partial charge < -0.3 is 9.64 Å². The van der Waals surface area contributed by atoms with Crippen LogP contribution in [0.3, 0.4) is 0 Å². The number of rotatable bonds is 4. The number of amides is 2. The predicted molar refractivity (Wildman–Crippen MR) is 94.5 cm³/mol. The van der Waals surface area contributed by atoms with E-state index >= 15 is 0 Å². The van der Waals surface area contributed by atoms with Crippen LogP contribution in [0.4, 0.5) is 5.69 Å². The lowest BCUT2D eigenvalue weighted by atomic mass is 9.92. The Hall–Kier alpha value is -3.15. The van der Waals surface area contributed by atoms with E-state index in [2.05, 4.69) is 6.58 Å². The van der Waals surface area contributed by atoms with Crippen LogP contribution < -0.4 is 4.90 Å². The molecule has 0 bridgehead atoms. The van der Waals surface area contributed by atoms with Crippen LogP contribution in [-0.4, -0.2) is 43.4 Å². The van der Waals surface area contributed by atoms with Crippen molar-refractivity contribution >= 4 is 34.2 Å².